The molecule has 6 heteroatoms. The molecule has 0 radical (unpaired) electrons. The molecule has 132 valence electrons. The number of benzene rings is 1. The number of rotatable bonds is 4. The predicted molar refractivity (Wildman–Crippen MR) is 97.6 cm³/mol. The lowest BCUT2D eigenvalue weighted by Crippen LogP contribution is -2.44. The van der Waals surface area contributed by atoms with Crippen LogP contribution in [-0.2, 0) is 9.53 Å². The van der Waals surface area contributed by atoms with E-state index >= 15 is 0 Å². The second-order valence-corrected chi connectivity index (χ2v) is 7.31. The second kappa shape index (κ2) is 7.78. The maximum atomic E-state index is 12.4. The van der Waals surface area contributed by atoms with Crippen molar-refractivity contribution in [1.82, 2.24) is 9.88 Å². The van der Waals surface area contributed by atoms with Crippen LogP contribution in [0.1, 0.15) is 41.6 Å². The van der Waals surface area contributed by atoms with E-state index in [-0.39, 0.29) is 18.6 Å². The van der Waals surface area contributed by atoms with Crippen LogP contribution in [0.4, 0.5) is 0 Å². The van der Waals surface area contributed by atoms with Crippen LogP contribution in [0, 0.1) is 6.92 Å². The third-order valence-corrected chi connectivity index (χ3v) is 5.64. The van der Waals surface area contributed by atoms with Crippen molar-refractivity contribution >= 4 is 23.2 Å². The predicted octanol–water partition coefficient (Wildman–Crippen LogP) is 3.68. The minimum absolute atomic E-state index is 0.119. The average molecular weight is 358 g/mol. The highest BCUT2D eigenvalue weighted by Gasteiger charge is 2.25. The lowest BCUT2D eigenvalue weighted by atomic mass is 10.0. The number of likely N-dealkylation sites (tertiary alicyclic amines) is 1. The lowest BCUT2D eigenvalue weighted by molar-refractivity contribution is -0.137. The second-order valence-electron chi connectivity index (χ2n) is 6.31. The number of piperidine rings is 1. The summed E-state index contributed by atoms with van der Waals surface area (Å²) in [7, 11) is 0. The molecule has 3 rings (SSSR count). The van der Waals surface area contributed by atoms with Crippen molar-refractivity contribution < 1.29 is 14.3 Å². The number of ether oxygens (including phenoxy) is 1. The summed E-state index contributed by atoms with van der Waals surface area (Å²) in [4.78, 5) is 31.4. The van der Waals surface area contributed by atoms with Crippen LogP contribution in [0.2, 0.25) is 0 Å². The Hall–Kier alpha value is -2.21. The van der Waals surface area contributed by atoms with Crippen molar-refractivity contribution in [3.63, 3.8) is 0 Å². The van der Waals surface area contributed by atoms with E-state index in [0.717, 1.165) is 36.4 Å². The molecule has 0 aliphatic carbocycles. The minimum Gasteiger partial charge on any atom is -0.451 e. The molecule has 1 aromatic heterocycles. The SMILES string of the molecule is Cc1nc(-c2ccccc2)sc1C(=O)OCC(=O)N1CCCC[C@H]1C. The van der Waals surface area contributed by atoms with Crippen LogP contribution in [0.25, 0.3) is 10.6 Å². The number of amides is 1. The molecule has 1 atom stereocenters. The summed E-state index contributed by atoms with van der Waals surface area (Å²) in [6.07, 6.45) is 3.17. The molecule has 25 heavy (non-hydrogen) atoms. The standard InChI is InChI=1S/C19H22N2O3S/c1-13-8-6-7-11-21(13)16(22)12-24-19(23)17-14(2)20-18(25-17)15-9-4-3-5-10-15/h3-5,9-10,13H,6-8,11-12H2,1-2H3/t13-/m1/s1. The maximum absolute atomic E-state index is 12.4. The van der Waals surface area contributed by atoms with Crippen molar-refractivity contribution in [1.29, 1.82) is 0 Å². The van der Waals surface area contributed by atoms with Crippen molar-refractivity contribution in [2.45, 2.75) is 39.2 Å². The number of hydrogen-bond donors (Lipinski definition) is 0. The summed E-state index contributed by atoms with van der Waals surface area (Å²) in [6, 6.07) is 9.93. The third-order valence-electron chi connectivity index (χ3n) is 4.45. The van der Waals surface area contributed by atoms with Gasteiger partial charge in [0.05, 0.1) is 5.69 Å². The van der Waals surface area contributed by atoms with Gasteiger partial charge in [0.1, 0.15) is 9.88 Å². The van der Waals surface area contributed by atoms with Crippen molar-refractivity contribution in [3.8, 4) is 10.6 Å². The Kier molecular flexibility index (Phi) is 5.48. The Morgan fingerprint density at radius 2 is 2.04 bits per heavy atom. The topological polar surface area (TPSA) is 59.5 Å². The zero-order valence-corrected chi connectivity index (χ0v) is 15.3. The highest BCUT2D eigenvalue weighted by atomic mass is 32.1. The van der Waals surface area contributed by atoms with Gasteiger partial charge in [0.25, 0.3) is 5.91 Å². The molecule has 2 aromatic rings. The highest BCUT2D eigenvalue weighted by molar-refractivity contribution is 7.17. The van der Waals surface area contributed by atoms with Crippen molar-refractivity contribution in [2.75, 3.05) is 13.2 Å². The van der Waals surface area contributed by atoms with Crippen LogP contribution in [0.15, 0.2) is 30.3 Å². The molecule has 1 saturated heterocycles. The Morgan fingerprint density at radius 1 is 1.28 bits per heavy atom. The minimum atomic E-state index is -0.477. The molecule has 5 nitrogen and oxygen atoms in total. The number of esters is 1. The smallest absolute Gasteiger partial charge is 0.350 e. The average Bonchev–Trinajstić information content (AvgIpc) is 3.02. The van der Waals surface area contributed by atoms with E-state index in [9.17, 15) is 9.59 Å². The number of thiazole rings is 1. The number of aryl methyl sites for hydroxylation is 1. The van der Waals surface area contributed by atoms with E-state index in [4.69, 9.17) is 4.74 Å². The van der Waals surface area contributed by atoms with Crippen LogP contribution in [0.3, 0.4) is 0 Å². The summed E-state index contributed by atoms with van der Waals surface area (Å²) in [5.41, 5.74) is 1.60. The first-order chi connectivity index (χ1) is 12.1. The Labute approximate surface area is 151 Å². The van der Waals surface area contributed by atoms with Gasteiger partial charge in [0, 0.05) is 18.2 Å². The molecule has 0 unspecified atom stereocenters. The van der Waals surface area contributed by atoms with Gasteiger partial charge in [-0.3, -0.25) is 4.79 Å². The van der Waals surface area contributed by atoms with Gasteiger partial charge >= 0.3 is 5.97 Å². The number of hydrogen-bond acceptors (Lipinski definition) is 5. The van der Waals surface area contributed by atoms with Gasteiger partial charge in [-0.1, -0.05) is 30.3 Å². The summed E-state index contributed by atoms with van der Waals surface area (Å²) in [5.74, 6) is -0.596. The summed E-state index contributed by atoms with van der Waals surface area (Å²) >= 11 is 1.30. The highest BCUT2D eigenvalue weighted by Crippen LogP contribution is 2.28. The summed E-state index contributed by atoms with van der Waals surface area (Å²) in [5, 5.41) is 0.779. The zero-order valence-electron chi connectivity index (χ0n) is 14.5. The van der Waals surface area contributed by atoms with E-state index < -0.39 is 5.97 Å². The van der Waals surface area contributed by atoms with Crippen LogP contribution >= 0.6 is 11.3 Å². The molecule has 1 fully saturated rings. The van der Waals surface area contributed by atoms with Crippen molar-refractivity contribution in [2.24, 2.45) is 0 Å². The maximum Gasteiger partial charge on any atom is 0.350 e. The van der Waals surface area contributed by atoms with Gasteiger partial charge in [-0.25, -0.2) is 9.78 Å². The first-order valence-electron chi connectivity index (χ1n) is 8.55. The molecular formula is C19H22N2O3S. The lowest BCUT2D eigenvalue weighted by Gasteiger charge is -2.33. The van der Waals surface area contributed by atoms with Gasteiger partial charge in [-0.05, 0) is 33.1 Å². The molecule has 1 aliphatic rings. The number of nitrogens with zero attached hydrogens (tertiary/aromatic N) is 2. The zero-order chi connectivity index (χ0) is 17.8. The van der Waals surface area contributed by atoms with Crippen molar-refractivity contribution in [3.05, 3.63) is 40.9 Å². The van der Waals surface area contributed by atoms with Crippen LogP contribution < -0.4 is 0 Å². The fraction of sp³-hybridized carbons (Fsp3) is 0.421. The Bertz CT molecular complexity index is 757. The molecule has 0 saturated carbocycles. The van der Waals surface area contributed by atoms with Crippen LogP contribution in [-0.4, -0.2) is 41.0 Å². The molecule has 0 N–H and O–H groups in total. The van der Waals surface area contributed by atoms with Gasteiger partial charge in [-0.2, -0.15) is 0 Å². The van der Waals surface area contributed by atoms with E-state index in [0.29, 0.717) is 10.6 Å². The van der Waals surface area contributed by atoms with E-state index in [1.54, 1.807) is 6.92 Å². The van der Waals surface area contributed by atoms with Gasteiger partial charge in [0.15, 0.2) is 6.61 Å². The molecule has 1 aliphatic heterocycles. The molecular weight excluding hydrogens is 336 g/mol. The summed E-state index contributed by atoms with van der Waals surface area (Å²) in [6.45, 7) is 4.36. The van der Waals surface area contributed by atoms with E-state index in [1.807, 2.05) is 42.2 Å². The first kappa shape index (κ1) is 17.6. The number of carbonyl (C=O) groups is 2. The summed E-state index contributed by atoms with van der Waals surface area (Å²) < 4.78 is 5.26. The Balaban J connectivity index is 1.64. The largest absolute Gasteiger partial charge is 0.451 e. The third kappa shape index (κ3) is 4.07. The molecule has 2 heterocycles. The van der Waals surface area contributed by atoms with Gasteiger partial charge in [0.2, 0.25) is 0 Å². The molecule has 0 spiro atoms. The van der Waals surface area contributed by atoms with Gasteiger partial charge in [-0.15, -0.1) is 11.3 Å². The van der Waals surface area contributed by atoms with E-state index in [1.165, 1.54) is 11.3 Å². The van der Waals surface area contributed by atoms with Gasteiger partial charge < -0.3 is 9.64 Å². The monoisotopic (exact) mass is 358 g/mol. The first-order valence-corrected chi connectivity index (χ1v) is 9.37. The fourth-order valence-electron chi connectivity index (χ4n) is 3.03. The van der Waals surface area contributed by atoms with E-state index in [2.05, 4.69) is 4.98 Å². The number of aromatic nitrogens is 1. The quantitative estimate of drug-likeness (QED) is 0.783. The Morgan fingerprint density at radius 3 is 2.76 bits per heavy atom. The number of carbonyl (C=O) groups excluding carboxylic acids is 2. The van der Waals surface area contributed by atoms with Crippen LogP contribution in [0.5, 0.6) is 0 Å². The molecule has 1 aromatic carbocycles. The fourth-order valence-corrected chi connectivity index (χ4v) is 4.00. The normalized spacial score (nSPS) is 17.4. The molecule has 1 amide bonds. The molecule has 0 bridgehead atoms.